The Bertz CT molecular complexity index is 1380. The highest BCUT2D eigenvalue weighted by Gasteiger charge is 2.46. The third kappa shape index (κ3) is 11.0. The molecular formula is C31H46N8O9. The van der Waals surface area contributed by atoms with E-state index >= 15 is 0 Å². The molecule has 1 fully saturated rings. The van der Waals surface area contributed by atoms with Gasteiger partial charge in [0.15, 0.2) is 17.3 Å². The van der Waals surface area contributed by atoms with Crippen LogP contribution in [0.4, 0.5) is 0 Å². The van der Waals surface area contributed by atoms with E-state index in [0.29, 0.717) is 12.0 Å². The van der Waals surface area contributed by atoms with Crippen molar-refractivity contribution in [2.45, 2.75) is 89.0 Å². The van der Waals surface area contributed by atoms with Crippen molar-refractivity contribution in [3.63, 3.8) is 0 Å². The first-order chi connectivity index (χ1) is 22.5. The summed E-state index contributed by atoms with van der Waals surface area (Å²) in [7, 11) is 0. The summed E-state index contributed by atoms with van der Waals surface area (Å²) in [6.45, 7) is 4.52. The minimum absolute atomic E-state index is 0.0288. The number of guanidine groups is 1. The molecule has 17 heteroatoms. The van der Waals surface area contributed by atoms with Gasteiger partial charge >= 0.3 is 11.9 Å². The summed E-state index contributed by atoms with van der Waals surface area (Å²) in [5.41, 5.74) is 15.6. The summed E-state index contributed by atoms with van der Waals surface area (Å²) in [4.78, 5) is 94.6. The Morgan fingerprint density at radius 2 is 1.62 bits per heavy atom. The zero-order valence-electron chi connectivity index (χ0n) is 27.3. The van der Waals surface area contributed by atoms with Crippen LogP contribution in [-0.4, -0.2) is 105 Å². The molecule has 48 heavy (non-hydrogen) atoms. The Morgan fingerprint density at radius 3 is 2.17 bits per heavy atom. The van der Waals surface area contributed by atoms with Crippen LogP contribution >= 0.6 is 0 Å². The number of amides is 4. The van der Waals surface area contributed by atoms with Crippen LogP contribution in [0.15, 0.2) is 35.3 Å². The van der Waals surface area contributed by atoms with Crippen molar-refractivity contribution in [2.75, 3.05) is 13.1 Å². The molecule has 1 aliphatic rings. The lowest BCUT2D eigenvalue weighted by Gasteiger charge is -2.34. The molecule has 0 radical (unpaired) electrons. The van der Waals surface area contributed by atoms with Crippen LogP contribution in [-0.2, 0) is 40.0 Å². The van der Waals surface area contributed by atoms with Crippen LogP contribution < -0.4 is 33.2 Å². The maximum Gasteiger partial charge on any atom is 0.326 e. The lowest BCUT2D eigenvalue weighted by atomic mass is 9.88. The third-order valence-corrected chi connectivity index (χ3v) is 8.01. The number of likely N-dealkylation sites (tertiary alicyclic amines) is 1. The van der Waals surface area contributed by atoms with E-state index in [2.05, 4.69) is 20.9 Å². The first-order valence-electron chi connectivity index (χ1n) is 15.5. The lowest BCUT2D eigenvalue weighted by molar-refractivity contribution is -0.148. The lowest BCUT2D eigenvalue weighted by Crippen LogP contribution is -2.63. The minimum atomic E-state index is -1.98. The Balaban J connectivity index is 2.20. The number of ketones is 1. The fourth-order valence-corrected chi connectivity index (χ4v) is 5.29. The monoisotopic (exact) mass is 674 g/mol. The van der Waals surface area contributed by atoms with E-state index in [1.54, 1.807) is 44.2 Å². The fraction of sp³-hybridized carbons (Fsp3) is 0.548. The van der Waals surface area contributed by atoms with Crippen LogP contribution in [0, 0.1) is 5.92 Å². The average Bonchev–Trinajstić information content (AvgIpc) is 3.50. The highest BCUT2D eigenvalue weighted by Crippen LogP contribution is 2.24. The topological polar surface area (TPSA) is 290 Å². The predicted octanol–water partition coefficient (Wildman–Crippen LogP) is -1.77. The van der Waals surface area contributed by atoms with Crippen molar-refractivity contribution in [3.05, 3.63) is 35.9 Å². The van der Waals surface area contributed by atoms with Gasteiger partial charge in [0.1, 0.15) is 24.2 Å². The number of nitrogens with two attached hydrogens (primary N) is 3. The van der Waals surface area contributed by atoms with Gasteiger partial charge in [-0.1, -0.05) is 44.2 Å². The maximum absolute atomic E-state index is 13.6. The Kier molecular flexibility index (Phi) is 14.5. The first kappa shape index (κ1) is 39.1. The van der Waals surface area contributed by atoms with Gasteiger partial charge in [-0.05, 0) is 44.1 Å². The summed E-state index contributed by atoms with van der Waals surface area (Å²) < 4.78 is 0. The van der Waals surface area contributed by atoms with Gasteiger partial charge in [0.2, 0.25) is 17.7 Å². The van der Waals surface area contributed by atoms with E-state index in [-0.39, 0.29) is 44.7 Å². The number of nitrogens with one attached hydrogen (secondary N) is 3. The number of carbonyl (C=O) groups is 7. The van der Waals surface area contributed by atoms with E-state index in [0.717, 1.165) is 11.8 Å². The molecule has 2 rings (SSSR count). The Labute approximate surface area is 278 Å². The number of Topliss-reactive ketones (excluding diaryl/α,β-unsaturated/α-hetero) is 1. The van der Waals surface area contributed by atoms with Crippen molar-refractivity contribution in [1.29, 1.82) is 0 Å². The average molecular weight is 675 g/mol. The highest BCUT2D eigenvalue weighted by atomic mass is 16.4. The number of aliphatic imine (C=N–C) groups is 1. The molecule has 1 saturated heterocycles. The van der Waals surface area contributed by atoms with E-state index in [1.165, 1.54) is 0 Å². The van der Waals surface area contributed by atoms with E-state index < -0.39 is 83.4 Å². The zero-order chi connectivity index (χ0) is 36.2. The number of carboxylic acids is 2. The summed E-state index contributed by atoms with van der Waals surface area (Å²) in [5.74, 6) is -7.61. The van der Waals surface area contributed by atoms with Crippen molar-refractivity contribution < 1.29 is 43.8 Å². The Morgan fingerprint density at radius 1 is 0.979 bits per heavy atom. The number of carboxylic acid groups (broad SMARTS) is 2. The van der Waals surface area contributed by atoms with Gasteiger partial charge in [0.05, 0.1) is 6.42 Å². The van der Waals surface area contributed by atoms with Crippen molar-refractivity contribution >= 4 is 47.3 Å². The normalized spacial score (nSPS) is 17.3. The molecule has 17 nitrogen and oxygen atoms in total. The molecule has 0 bridgehead atoms. The maximum atomic E-state index is 13.6. The molecule has 0 saturated carbocycles. The molecule has 1 aromatic rings. The van der Waals surface area contributed by atoms with Crippen LogP contribution in [0.25, 0.3) is 0 Å². The second-order valence-electron chi connectivity index (χ2n) is 12.1. The van der Waals surface area contributed by atoms with Crippen LogP contribution in [0.1, 0.15) is 58.4 Å². The molecule has 0 aromatic heterocycles. The summed E-state index contributed by atoms with van der Waals surface area (Å²) in [6, 6.07) is 3.14. The van der Waals surface area contributed by atoms with Crippen LogP contribution in [0.2, 0.25) is 0 Å². The number of nitrogens with zero attached hydrogens (tertiary/aromatic N) is 2. The van der Waals surface area contributed by atoms with Crippen LogP contribution in [0.5, 0.6) is 0 Å². The molecule has 0 unspecified atom stereocenters. The van der Waals surface area contributed by atoms with Gasteiger partial charge < -0.3 is 48.3 Å². The first-order valence-corrected chi connectivity index (χ1v) is 15.5. The van der Waals surface area contributed by atoms with Gasteiger partial charge in [-0.3, -0.25) is 33.8 Å². The van der Waals surface area contributed by atoms with Gasteiger partial charge in [0, 0.05) is 19.5 Å². The summed E-state index contributed by atoms with van der Waals surface area (Å²) in [5, 5.41) is 26.5. The van der Waals surface area contributed by atoms with E-state index in [4.69, 9.17) is 17.2 Å². The molecule has 0 spiro atoms. The molecule has 11 N–H and O–H groups in total. The van der Waals surface area contributed by atoms with Crippen molar-refractivity contribution in [1.82, 2.24) is 20.9 Å². The predicted molar refractivity (Wildman–Crippen MR) is 173 cm³/mol. The van der Waals surface area contributed by atoms with E-state index in [9.17, 15) is 43.8 Å². The molecule has 4 amide bonds. The van der Waals surface area contributed by atoms with Gasteiger partial charge in [0.25, 0.3) is 5.91 Å². The Hall–Kier alpha value is -5.06. The quantitative estimate of drug-likeness (QED) is 0.0372. The summed E-state index contributed by atoms with van der Waals surface area (Å²) >= 11 is 0. The minimum Gasteiger partial charge on any atom is -0.481 e. The van der Waals surface area contributed by atoms with Crippen LogP contribution in [0.3, 0.4) is 0 Å². The number of hydrogen-bond donors (Lipinski definition) is 8. The molecule has 264 valence electrons. The third-order valence-electron chi connectivity index (χ3n) is 8.01. The molecular weight excluding hydrogens is 628 g/mol. The fourth-order valence-electron chi connectivity index (χ4n) is 5.29. The number of benzene rings is 1. The smallest absolute Gasteiger partial charge is 0.326 e. The largest absolute Gasteiger partial charge is 0.481 e. The number of rotatable bonds is 18. The number of carbonyl (C=O) groups excluding carboxylic acids is 5. The standard InChI is InChI=1S/C31H46N8O9/c1-17(2)24(27(45)37-21(28(46)47)15-19-9-5-4-6-10-19)38-25(43)20(16-23(41)42)36-26(44)22-11-7-14-39(22)29(48)31(34,18(3)40)12-8-13-35-30(32)33/h4-6,9-10,17,20-22,24H,7-8,11-16,34H2,1-3H3,(H,36,44)(H,37,45)(H,38,43)(H,41,42)(H,46,47)(H4,32,33,35)/t20-,21-,22-,24-,31+/m0/s1. The second kappa shape index (κ2) is 17.7. The molecule has 1 aliphatic heterocycles. The van der Waals surface area contributed by atoms with Gasteiger partial charge in [-0.2, -0.15) is 0 Å². The molecule has 0 aliphatic carbocycles. The number of hydrogen-bond acceptors (Lipinski definition) is 9. The molecule has 1 aromatic carbocycles. The molecule has 5 atom stereocenters. The van der Waals surface area contributed by atoms with Gasteiger partial charge in [-0.25, -0.2) is 4.79 Å². The van der Waals surface area contributed by atoms with Crippen molar-refractivity contribution in [2.24, 2.45) is 28.1 Å². The van der Waals surface area contributed by atoms with E-state index in [1.807, 2.05) is 0 Å². The highest BCUT2D eigenvalue weighted by molar-refractivity contribution is 6.10. The molecule has 1 heterocycles. The second-order valence-corrected chi connectivity index (χ2v) is 12.1. The van der Waals surface area contributed by atoms with Gasteiger partial charge in [-0.15, -0.1) is 0 Å². The van der Waals surface area contributed by atoms with Crippen molar-refractivity contribution in [3.8, 4) is 0 Å². The number of aliphatic carboxylic acids is 2. The zero-order valence-corrected chi connectivity index (χ0v) is 27.3. The summed E-state index contributed by atoms with van der Waals surface area (Å²) in [6.07, 6.45) is -0.301. The SMILES string of the molecule is CC(=O)[C@](N)(CCCN=C(N)N)C(=O)N1CCC[C@H]1C(=O)N[C@@H](CC(=O)O)C(=O)N[C@H](C(=O)N[C@@H](Cc1ccccc1)C(=O)O)C(C)C.